The van der Waals surface area contributed by atoms with Gasteiger partial charge < -0.3 is 22.1 Å². The lowest BCUT2D eigenvalue weighted by atomic mass is 9.97. The minimum Gasteiger partial charge on any atom is -0.398 e. The normalized spacial score (nSPS) is 11.6. The van der Waals surface area contributed by atoms with Crippen molar-refractivity contribution in [3.8, 4) is 11.1 Å². The molecule has 132 valence electrons. The van der Waals surface area contributed by atoms with Crippen LogP contribution >= 0.6 is 0 Å². The summed E-state index contributed by atoms with van der Waals surface area (Å²) < 4.78 is 14.4. The van der Waals surface area contributed by atoms with Crippen LogP contribution in [-0.4, -0.2) is 19.5 Å². The number of nitrogen functional groups attached to an aromatic ring is 1. The maximum atomic E-state index is 14.4. The second kappa shape index (κ2) is 8.19. The molecule has 0 heterocycles. The molecule has 2 rings (SSSR count). The molecule has 0 spiro atoms. The number of hydrogen-bond donors (Lipinski definition) is 4. The van der Waals surface area contributed by atoms with E-state index in [0.29, 0.717) is 23.4 Å². The Hall–Kier alpha value is -3.02. The third kappa shape index (κ3) is 3.91. The zero-order chi connectivity index (χ0) is 18.4. The van der Waals surface area contributed by atoms with Gasteiger partial charge >= 0.3 is 0 Å². The fourth-order valence-electron chi connectivity index (χ4n) is 2.57. The summed E-state index contributed by atoms with van der Waals surface area (Å²) in [5.41, 5.74) is 14.2. The average Bonchev–Trinajstić information content (AvgIpc) is 2.62. The van der Waals surface area contributed by atoms with Crippen LogP contribution in [0, 0.1) is 5.82 Å². The predicted octanol–water partition coefficient (Wildman–Crippen LogP) is 2.45. The van der Waals surface area contributed by atoms with Crippen molar-refractivity contribution in [2.24, 2.45) is 5.73 Å². The summed E-state index contributed by atoms with van der Waals surface area (Å²) in [6.07, 6.45) is 0.796. The van der Waals surface area contributed by atoms with Crippen LogP contribution in [0.2, 0.25) is 0 Å². The van der Waals surface area contributed by atoms with Gasteiger partial charge in [-0.3, -0.25) is 4.79 Å². The van der Waals surface area contributed by atoms with E-state index in [-0.39, 0.29) is 16.9 Å². The summed E-state index contributed by atoms with van der Waals surface area (Å²) in [6, 6.07) is 11.9. The van der Waals surface area contributed by atoms with Crippen LogP contribution < -0.4 is 22.1 Å². The van der Waals surface area contributed by atoms with Crippen molar-refractivity contribution in [2.75, 3.05) is 19.3 Å². The highest BCUT2D eigenvalue weighted by Gasteiger charge is 2.19. The van der Waals surface area contributed by atoms with E-state index >= 15 is 0 Å². The summed E-state index contributed by atoms with van der Waals surface area (Å²) in [6.45, 7) is 2.47. The Labute approximate surface area is 146 Å². The second-order valence-electron chi connectivity index (χ2n) is 5.54. The van der Waals surface area contributed by atoms with E-state index in [2.05, 4.69) is 10.6 Å². The maximum Gasteiger partial charge on any atom is 0.269 e. The molecular weight excluding hydrogens is 319 g/mol. The number of halogens is 1. The third-order valence-electron chi connectivity index (χ3n) is 3.83. The topological polar surface area (TPSA) is 93.2 Å². The Morgan fingerprint density at radius 2 is 1.84 bits per heavy atom. The zero-order valence-corrected chi connectivity index (χ0v) is 14.4. The van der Waals surface area contributed by atoms with Crippen LogP contribution in [0.1, 0.15) is 18.9 Å². The van der Waals surface area contributed by atoms with Gasteiger partial charge in [0.2, 0.25) is 0 Å². The number of carbonyl (C=O) groups excluding carboxylic acids is 1. The molecule has 6 N–H and O–H groups in total. The Balaban J connectivity index is 2.56. The lowest BCUT2D eigenvalue weighted by molar-refractivity contribution is -0.117. The van der Waals surface area contributed by atoms with Crippen LogP contribution in [0.15, 0.2) is 48.2 Å². The largest absolute Gasteiger partial charge is 0.398 e. The van der Waals surface area contributed by atoms with Gasteiger partial charge in [-0.1, -0.05) is 37.3 Å². The SMILES string of the molecule is CCCNC(=O)/C(N)=C(\NC)c1ccc(F)c(-c2ccccc2)c1N. The van der Waals surface area contributed by atoms with Gasteiger partial charge in [-0.15, -0.1) is 0 Å². The van der Waals surface area contributed by atoms with Gasteiger partial charge in [0, 0.05) is 24.7 Å². The summed E-state index contributed by atoms with van der Waals surface area (Å²) in [5, 5.41) is 5.62. The Bertz CT molecular complexity index is 788. The van der Waals surface area contributed by atoms with Gasteiger partial charge in [-0.05, 0) is 24.1 Å². The molecule has 0 aliphatic carbocycles. The van der Waals surface area contributed by atoms with Crippen LogP contribution in [0.5, 0.6) is 0 Å². The van der Waals surface area contributed by atoms with Crippen molar-refractivity contribution < 1.29 is 9.18 Å². The van der Waals surface area contributed by atoms with Gasteiger partial charge in [-0.25, -0.2) is 4.39 Å². The van der Waals surface area contributed by atoms with Gasteiger partial charge in [-0.2, -0.15) is 0 Å². The van der Waals surface area contributed by atoms with Gasteiger partial charge in [0.05, 0.1) is 11.4 Å². The molecule has 5 nitrogen and oxygen atoms in total. The predicted molar refractivity (Wildman–Crippen MR) is 99.7 cm³/mol. The first kappa shape index (κ1) is 18.3. The second-order valence-corrected chi connectivity index (χ2v) is 5.54. The van der Waals surface area contributed by atoms with Crippen LogP contribution in [0.3, 0.4) is 0 Å². The van der Waals surface area contributed by atoms with E-state index < -0.39 is 11.7 Å². The van der Waals surface area contributed by atoms with Gasteiger partial charge in [0.25, 0.3) is 5.91 Å². The third-order valence-corrected chi connectivity index (χ3v) is 3.83. The lowest BCUT2D eigenvalue weighted by Gasteiger charge is -2.17. The number of hydrogen-bond acceptors (Lipinski definition) is 4. The molecule has 0 radical (unpaired) electrons. The number of nitrogens with two attached hydrogens (primary N) is 2. The fourth-order valence-corrected chi connectivity index (χ4v) is 2.57. The van der Waals surface area contributed by atoms with Crippen molar-refractivity contribution in [1.82, 2.24) is 10.6 Å². The molecule has 0 fully saturated rings. The molecule has 0 aliphatic heterocycles. The van der Waals surface area contributed by atoms with Crippen LogP contribution in [0.4, 0.5) is 10.1 Å². The molecular formula is C19H23FN4O. The van der Waals surface area contributed by atoms with Gasteiger partial charge in [0.15, 0.2) is 0 Å². The number of anilines is 1. The summed E-state index contributed by atoms with van der Waals surface area (Å²) in [4.78, 5) is 12.2. The molecule has 0 saturated heterocycles. The van der Waals surface area contributed by atoms with E-state index in [1.807, 2.05) is 25.1 Å². The molecule has 25 heavy (non-hydrogen) atoms. The quantitative estimate of drug-likeness (QED) is 0.479. The molecule has 0 aromatic heterocycles. The molecule has 0 aliphatic rings. The van der Waals surface area contributed by atoms with Crippen LogP contribution in [0.25, 0.3) is 16.8 Å². The minimum atomic E-state index is -0.433. The molecule has 0 bridgehead atoms. The Kier molecular flexibility index (Phi) is 6.00. The van der Waals surface area contributed by atoms with E-state index in [1.54, 1.807) is 19.2 Å². The lowest BCUT2D eigenvalue weighted by Crippen LogP contribution is -2.32. The maximum absolute atomic E-state index is 14.4. The highest BCUT2D eigenvalue weighted by Crippen LogP contribution is 2.34. The molecule has 2 aromatic carbocycles. The Morgan fingerprint density at radius 3 is 2.44 bits per heavy atom. The van der Waals surface area contributed by atoms with E-state index in [9.17, 15) is 9.18 Å². The molecule has 1 amide bonds. The number of carbonyl (C=O) groups is 1. The zero-order valence-electron chi connectivity index (χ0n) is 14.4. The Morgan fingerprint density at radius 1 is 1.16 bits per heavy atom. The fraction of sp³-hybridized carbons (Fsp3) is 0.211. The van der Waals surface area contributed by atoms with Crippen molar-refractivity contribution in [1.29, 1.82) is 0 Å². The molecule has 0 saturated carbocycles. The minimum absolute atomic E-state index is 0.00766. The van der Waals surface area contributed by atoms with Gasteiger partial charge in [0.1, 0.15) is 11.5 Å². The molecule has 0 atom stereocenters. The monoisotopic (exact) mass is 342 g/mol. The summed E-state index contributed by atoms with van der Waals surface area (Å²) in [5.74, 6) is -0.826. The van der Waals surface area contributed by atoms with E-state index in [1.165, 1.54) is 12.1 Å². The number of nitrogens with one attached hydrogen (secondary N) is 2. The molecule has 0 unspecified atom stereocenters. The average molecular weight is 342 g/mol. The van der Waals surface area contributed by atoms with Crippen molar-refractivity contribution >= 4 is 17.3 Å². The number of rotatable bonds is 6. The highest BCUT2D eigenvalue weighted by molar-refractivity contribution is 6.02. The van der Waals surface area contributed by atoms with Crippen molar-refractivity contribution in [3.63, 3.8) is 0 Å². The summed E-state index contributed by atoms with van der Waals surface area (Å²) >= 11 is 0. The highest BCUT2D eigenvalue weighted by atomic mass is 19.1. The first-order valence-corrected chi connectivity index (χ1v) is 8.10. The van der Waals surface area contributed by atoms with E-state index in [0.717, 1.165) is 6.42 Å². The van der Waals surface area contributed by atoms with Crippen molar-refractivity contribution in [3.05, 3.63) is 59.5 Å². The number of amides is 1. The van der Waals surface area contributed by atoms with Crippen LogP contribution in [-0.2, 0) is 4.79 Å². The molecule has 6 heteroatoms. The standard InChI is InChI=1S/C19H23FN4O/c1-3-11-24-19(25)17(22)18(23-2)13-9-10-14(20)15(16(13)21)12-7-5-4-6-8-12/h4-10,23H,3,11,21-22H2,1-2H3,(H,24,25)/b18-17+. The smallest absolute Gasteiger partial charge is 0.269 e. The number of benzene rings is 2. The molecule has 2 aromatic rings. The van der Waals surface area contributed by atoms with E-state index in [4.69, 9.17) is 11.5 Å². The first-order valence-electron chi connectivity index (χ1n) is 8.10. The van der Waals surface area contributed by atoms with Crippen molar-refractivity contribution in [2.45, 2.75) is 13.3 Å². The summed E-state index contributed by atoms with van der Waals surface area (Å²) in [7, 11) is 1.64. The first-order chi connectivity index (χ1) is 12.0.